The van der Waals surface area contributed by atoms with E-state index in [1.165, 1.54) is 4.57 Å². The van der Waals surface area contributed by atoms with Crippen LogP contribution in [0.1, 0.15) is 0 Å². The van der Waals surface area contributed by atoms with Gasteiger partial charge in [0.1, 0.15) is 5.69 Å². The summed E-state index contributed by atoms with van der Waals surface area (Å²) in [6.45, 7) is 0. The molecular weight excluding hydrogens is 354 g/mol. The maximum atomic E-state index is 13.3. The molecule has 0 spiro atoms. The van der Waals surface area contributed by atoms with Gasteiger partial charge in [0.2, 0.25) is 0 Å². The average Bonchev–Trinajstić information content (AvgIpc) is 2.73. The Labute approximate surface area is 161 Å². The molecule has 0 N–H and O–H groups in total. The average molecular weight is 371 g/mol. The molecule has 0 radical (unpaired) electrons. The molecule has 0 aliphatic rings. The highest BCUT2D eigenvalue weighted by molar-refractivity contribution is 5.99. The first-order valence-electron chi connectivity index (χ1n) is 8.76. The van der Waals surface area contributed by atoms with Crippen LogP contribution in [-0.2, 0) is 0 Å². The number of hydrogen-bond donors (Lipinski definition) is 0. The largest absolute Gasteiger partial charge is 0.358 e. The lowest BCUT2D eigenvalue weighted by atomic mass is 10.1. The van der Waals surface area contributed by atoms with Crippen LogP contribution in [0.5, 0.6) is 0 Å². The maximum Gasteiger partial charge on any atom is 0.358 e. The molecule has 1 heterocycles. The molecule has 0 saturated heterocycles. The minimum Gasteiger partial charge on any atom is -0.338 e. The van der Waals surface area contributed by atoms with Crippen LogP contribution in [-0.4, -0.2) is 16.5 Å². The van der Waals surface area contributed by atoms with Gasteiger partial charge < -0.3 is 4.90 Å². The van der Waals surface area contributed by atoms with E-state index in [4.69, 9.17) is 0 Å². The summed E-state index contributed by atoms with van der Waals surface area (Å²) in [4.78, 5) is 26.3. The van der Waals surface area contributed by atoms with Crippen LogP contribution in [0.15, 0.2) is 89.7 Å². The fourth-order valence-corrected chi connectivity index (χ4v) is 3.43. The minimum absolute atomic E-state index is 0.281. The van der Waals surface area contributed by atoms with Crippen molar-refractivity contribution in [2.75, 3.05) is 11.9 Å². The molecule has 0 saturated carbocycles. The van der Waals surface area contributed by atoms with Crippen molar-refractivity contribution < 1.29 is 4.92 Å². The lowest BCUT2D eigenvalue weighted by molar-refractivity contribution is -0.385. The van der Waals surface area contributed by atoms with Crippen molar-refractivity contribution in [2.24, 2.45) is 0 Å². The van der Waals surface area contributed by atoms with E-state index in [9.17, 15) is 14.9 Å². The zero-order chi connectivity index (χ0) is 19.7. The van der Waals surface area contributed by atoms with Crippen molar-refractivity contribution in [3.05, 3.63) is 105 Å². The topological polar surface area (TPSA) is 68.4 Å². The maximum absolute atomic E-state index is 13.3. The van der Waals surface area contributed by atoms with E-state index in [0.29, 0.717) is 16.6 Å². The molecule has 138 valence electrons. The first kappa shape index (κ1) is 17.5. The van der Waals surface area contributed by atoms with Gasteiger partial charge in [0, 0.05) is 23.8 Å². The molecule has 0 aliphatic carbocycles. The molecule has 0 bridgehead atoms. The Hall–Kier alpha value is -3.93. The van der Waals surface area contributed by atoms with Crippen molar-refractivity contribution >= 4 is 28.0 Å². The summed E-state index contributed by atoms with van der Waals surface area (Å²) >= 11 is 0. The highest BCUT2D eigenvalue weighted by Gasteiger charge is 2.29. The lowest BCUT2D eigenvalue weighted by Crippen LogP contribution is -2.25. The normalized spacial score (nSPS) is 10.8. The van der Waals surface area contributed by atoms with Gasteiger partial charge in [-0.1, -0.05) is 54.6 Å². The number of hydrogen-bond acceptors (Lipinski definition) is 4. The number of nitro groups is 1. The third kappa shape index (κ3) is 2.81. The predicted octanol–water partition coefficient (Wildman–Crippen LogP) is 4.67. The highest BCUT2D eigenvalue weighted by Crippen LogP contribution is 2.37. The minimum atomic E-state index is -0.660. The van der Waals surface area contributed by atoms with E-state index in [-0.39, 0.29) is 5.69 Å². The fourth-order valence-electron chi connectivity index (χ4n) is 3.43. The Balaban J connectivity index is 2.14. The number of aromatic nitrogens is 1. The summed E-state index contributed by atoms with van der Waals surface area (Å²) in [6, 6.07) is 25.5. The second kappa shape index (κ2) is 7.00. The second-order valence-electron chi connectivity index (χ2n) is 6.34. The molecule has 0 aliphatic heterocycles. The van der Waals surface area contributed by atoms with Crippen molar-refractivity contribution in [3.63, 3.8) is 0 Å². The summed E-state index contributed by atoms with van der Waals surface area (Å²) in [5.41, 5.74) is 1.13. The number of pyridine rings is 1. The molecule has 0 atom stereocenters. The quantitative estimate of drug-likeness (QED) is 0.386. The first-order valence-corrected chi connectivity index (χ1v) is 8.76. The van der Waals surface area contributed by atoms with Gasteiger partial charge >= 0.3 is 11.2 Å². The highest BCUT2D eigenvalue weighted by atomic mass is 16.6. The Morgan fingerprint density at radius 3 is 2.07 bits per heavy atom. The molecule has 0 unspecified atom stereocenters. The van der Waals surface area contributed by atoms with Crippen molar-refractivity contribution in [2.45, 2.75) is 0 Å². The first-order chi connectivity index (χ1) is 13.6. The van der Waals surface area contributed by atoms with Crippen LogP contribution in [0.3, 0.4) is 0 Å². The van der Waals surface area contributed by atoms with E-state index in [0.717, 1.165) is 5.69 Å². The van der Waals surface area contributed by atoms with E-state index in [1.807, 2.05) is 48.5 Å². The van der Waals surface area contributed by atoms with E-state index >= 15 is 0 Å². The van der Waals surface area contributed by atoms with Gasteiger partial charge in [-0.3, -0.25) is 19.5 Å². The van der Waals surface area contributed by atoms with Gasteiger partial charge in [0.25, 0.3) is 0 Å². The van der Waals surface area contributed by atoms with Crippen LogP contribution in [0, 0.1) is 10.1 Å². The molecule has 0 amide bonds. The zero-order valence-electron chi connectivity index (χ0n) is 15.1. The third-order valence-corrected chi connectivity index (χ3v) is 4.71. The molecule has 1 aromatic heterocycles. The van der Waals surface area contributed by atoms with Crippen LogP contribution < -0.4 is 10.5 Å². The number of anilines is 2. The van der Waals surface area contributed by atoms with Crippen molar-refractivity contribution in [3.8, 4) is 5.69 Å². The number of benzene rings is 3. The van der Waals surface area contributed by atoms with Crippen LogP contribution in [0.4, 0.5) is 17.1 Å². The summed E-state index contributed by atoms with van der Waals surface area (Å²) in [5, 5.41) is 12.6. The molecule has 4 rings (SSSR count). The number of rotatable bonds is 4. The summed E-state index contributed by atoms with van der Waals surface area (Å²) in [5.74, 6) is 0. The van der Waals surface area contributed by atoms with E-state index in [1.54, 1.807) is 48.3 Å². The van der Waals surface area contributed by atoms with Gasteiger partial charge in [0.15, 0.2) is 0 Å². The number of nitrogens with zero attached hydrogens (tertiary/aromatic N) is 3. The van der Waals surface area contributed by atoms with Gasteiger partial charge in [-0.05, 0) is 30.3 Å². The summed E-state index contributed by atoms with van der Waals surface area (Å²) < 4.78 is 1.40. The SMILES string of the molecule is CN(c1ccccc1)c1c([N+](=O)[O-])c(=O)n(-c2ccccc2)c2ccccc12. The predicted molar refractivity (Wildman–Crippen MR) is 111 cm³/mol. The summed E-state index contributed by atoms with van der Waals surface area (Å²) in [6.07, 6.45) is 0. The van der Waals surface area contributed by atoms with Crippen molar-refractivity contribution in [1.29, 1.82) is 0 Å². The smallest absolute Gasteiger partial charge is 0.338 e. The third-order valence-electron chi connectivity index (χ3n) is 4.71. The number of fused-ring (bicyclic) bond motifs is 1. The zero-order valence-corrected chi connectivity index (χ0v) is 15.1. The van der Waals surface area contributed by atoms with Gasteiger partial charge in [0.05, 0.1) is 10.4 Å². The molecule has 0 fully saturated rings. The Kier molecular flexibility index (Phi) is 4.37. The van der Waals surface area contributed by atoms with Crippen LogP contribution in [0.25, 0.3) is 16.6 Å². The lowest BCUT2D eigenvalue weighted by Gasteiger charge is -2.22. The van der Waals surface area contributed by atoms with Gasteiger partial charge in [-0.25, -0.2) is 0 Å². The summed E-state index contributed by atoms with van der Waals surface area (Å²) in [7, 11) is 1.73. The molecule has 3 aromatic carbocycles. The fraction of sp³-hybridized carbons (Fsp3) is 0.0455. The van der Waals surface area contributed by atoms with Gasteiger partial charge in [-0.2, -0.15) is 0 Å². The Bertz CT molecular complexity index is 1220. The standard InChI is InChI=1S/C22H17N3O3/c1-23(16-10-4-2-5-11-16)20-18-14-8-9-15-19(18)24(17-12-6-3-7-13-17)22(26)21(20)25(27)28/h2-15H,1H3. The molecule has 28 heavy (non-hydrogen) atoms. The second-order valence-corrected chi connectivity index (χ2v) is 6.34. The van der Waals surface area contributed by atoms with Crippen molar-refractivity contribution in [1.82, 2.24) is 4.57 Å². The number of para-hydroxylation sites is 3. The molecular formula is C22H17N3O3. The molecule has 4 aromatic rings. The Morgan fingerprint density at radius 2 is 1.43 bits per heavy atom. The monoisotopic (exact) mass is 371 g/mol. The molecule has 6 nitrogen and oxygen atoms in total. The van der Waals surface area contributed by atoms with Crippen LogP contribution >= 0.6 is 0 Å². The van der Waals surface area contributed by atoms with Gasteiger partial charge in [-0.15, -0.1) is 0 Å². The molecule has 6 heteroatoms. The van der Waals surface area contributed by atoms with E-state index < -0.39 is 16.2 Å². The van der Waals surface area contributed by atoms with Crippen LogP contribution in [0.2, 0.25) is 0 Å². The van der Waals surface area contributed by atoms with E-state index in [2.05, 4.69) is 0 Å². The Morgan fingerprint density at radius 1 is 0.857 bits per heavy atom.